The number of hydrogen-bond donors (Lipinski definition) is 1. The minimum Gasteiger partial charge on any atom is -0.323 e. The number of nitrogens with zero attached hydrogens (tertiary/aromatic N) is 2. The van der Waals surface area contributed by atoms with E-state index in [9.17, 15) is 0 Å². The van der Waals surface area contributed by atoms with Crippen LogP contribution >= 0.6 is 0 Å². The normalized spacial score (nSPS) is 15.5. The topological polar surface area (TPSA) is 43.8 Å². The molecule has 0 aliphatic carbocycles. The third kappa shape index (κ3) is 2.15. The van der Waals surface area contributed by atoms with E-state index in [0.29, 0.717) is 5.92 Å². The Balaban J connectivity index is 3.00. The van der Waals surface area contributed by atoms with Crippen molar-refractivity contribution in [2.75, 3.05) is 0 Å². The summed E-state index contributed by atoms with van der Waals surface area (Å²) in [5, 5.41) is 4.56. The van der Waals surface area contributed by atoms with Crippen LogP contribution in [0.4, 0.5) is 0 Å². The van der Waals surface area contributed by atoms with Crippen LogP contribution in [0.15, 0.2) is 6.07 Å². The van der Waals surface area contributed by atoms with E-state index in [1.54, 1.807) is 0 Å². The maximum absolute atomic E-state index is 5.88. The first-order valence-corrected chi connectivity index (χ1v) is 5.43. The van der Waals surface area contributed by atoms with Crippen LogP contribution in [0.1, 0.15) is 57.5 Å². The fourth-order valence-electron chi connectivity index (χ4n) is 1.52. The summed E-state index contributed by atoms with van der Waals surface area (Å²) >= 11 is 0. The first-order valence-electron chi connectivity index (χ1n) is 5.43. The predicted molar refractivity (Wildman–Crippen MR) is 59.2 cm³/mol. The molecule has 0 aromatic carbocycles. The van der Waals surface area contributed by atoms with Gasteiger partial charge in [0.1, 0.15) is 0 Å². The quantitative estimate of drug-likeness (QED) is 0.802. The summed E-state index contributed by atoms with van der Waals surface area (Å²) in [6, 6.07) is 2.21. The van der Waals surface area contributed by atoms with Crippen LogP contribution < -0.4 is 5.73 Å². The van der Waals surface area contributed by atoms with Gasteiger partial charge < -0.3 is 5.73 Å². The van der Waals surface area contributed by atoms with Crippen LogP contribution in [0.3, 0.4) is 0 Å². The third-order valence-corrected chi connectivity index (χ3v) is 2.71. The molecule has 0 aliphatic heterocycles. The Kier molecular flexibility index (Phi) is 3.69. The van der Waals surface area contributed by atoms with Crippen LogP contribution in [0, 0.1) is 0 Å². The average molecular weight is 195 g/mol. The molecule has 0 spiro atoms. The molecule has 0 saturated heterocycles. The van der Waals surface area contributed by atoms with E-state index in [1.807, 2.05) is 11.6 Å². The van der Waals surface area contributed by atoms with Crippen LogP contribution in [0.2, 0.25) is 0 Å². The lowest BCUT2D eigenvalue weighted by atomic mass is 10.0. The lowest BCUT2D eigenvalue weighted by Gasteiger charge is -2.06. The highest BCUT2D eigenvalue weighted by atomic mass is 15.3. The highest BCUT2D eigenvalue weighted by Crippen LogP contribution is 2.20. The van der Waals surface area contributed by atoms with Crippen molar-refractivity contribution in [2.24, 2.45) is 5.73 Å². The summed E-state index contributed by atoms with van der Waals surface area (Å²) in [7, 11) is 0. The van der Waals surface area contributed by atoms with Gasteiger partial charge in [0.25, 0.3) is 0 Å². The van der Waals surface area contributed by atoms with Gasteiger partial charge in [-0.1, -0.05) is 13.8 Å². The molecule has 0 radical (unpaired) electrons. The molecule has 1 rings (SSSR count). The smallest absolute Gasteiger partial charge is 0.0656 e. The van der Waals surface area contributed by atoms with Crippen LogP contribution in [0.5, 0.6) is 0 Å². The maximum Gasteiger partial charge on any atom is 0.0656 e. The fourth-order valence-corrected chi connectivity index (χ4v) is 1.52. The molecular weight excluding hydrogens is 174 g/mol. The van der Waals surface area contributed by atoms with Crippen LogP contribution in [-0.4, -0.2) is 9.78 Å². The molecular formula is C11H21N3. The molecule has 1 heterocycles. The highest BCUT2D eigenvalue weighted by molar-refractivity contribution is 5.16. The van der Waals surface area contributed by atoms with Crippen molar-refractivity contribution >= 4 is 0 Å². The van der Waals surface area contributed by atoms with Crippen molar-refractivity contribution in [3.8, 4) is 0 Å². The monoisotopic (exact) mass is 195 g/mol. The van der Waals surface area contributed by atoms with Crippen LogP contribution in [0.25, 0.3) is 0 Å². The molecule has 0 saturated carbocycles. The first kappa shape index (κ1) is 11.2. The molecule has 3 heteroatoms. The molecule has 2 N–H and O–H groups in total. The van der Waals surface area contributed by atoms with Crippen molar-refractivity contribution < 1.29 is 0 Å². The van der Waals surface area contributed by atoms with Crippen molar-refractivity contribution in [3.05, 3.63) is 17.5 Å². The van der Waals surface area contributed by atoms with E-state index in [4.69, 9.17) is 5.73 Å². The molecule has 14 heavy (non-hydrogen) atoms. The zero-order valence-corrected chi connectivity index (χ0v) is 9.62. The van der Waals surface area contributed by atoms with Crippen molar-refractivity contribution in [1.82, 2.24) is 9.78 Å². The third-order valence-electron chi connectivity index (χ3n) is 2.71. The number of aromatic nitrogens is 2. The molecule has 0 amide bonds. The Labute approximate surface area is 86.3 Å². The second-order valence-corrected chi connectivity index (χ2v) is 3.91. The van der Waals surface area contributed by atoms with Gasteiger partial charge in [0.05, 0.1) is 11.4 Å². The molecule has 1 unspecified atom stereocenters. The zero-order valence-electron chi connectivity index (χ0n) is 9.62. The SMILES string of the molecule is CCC(C)c1cc([C@@H](C)N)n(CC)n1. The Morgan fingerprint density at radius 3 is 2.43 bits per heavy atom. The van der Waals surface area contributed by atoms with Gasteiger partial charge >= 0.3 is 0 Å². The molecule has 0 aliphatic rings. The van der Waals surface area contributed by atoms with Gasteiger partial charge in [-0.3, -0.25) is 4.68 Å². The highest BCUT2D eigenvalue weighted by Gasteiger charge is 2.13. The summed E-state index contributed by atoms with van der Waals surface area (Å²) in [6.45, 7) is 9.38. The molecule has 0 bridgehead atoms. The largest absolute Gasteiger partial charge is 0.323 e. The van der Waals surface area contributed by atoms with Gasteiger partial charge in [-0.25, -0.2) is 0 Å². The number of hydrogen-bond acceptors (Lipinski definition) is 2. The Bertz CT molecular complexity index is 289. The zero-order chi connectivity index (χ0) is 10.7. The minimum absolute atomic E-state index is 0.0697. The Morgan fingerprint density at radius 2 is 2.07 bits per heavy atom. The summed E-state index contributed by atoms with van der Waals surface area (Å²) in [6.07, 6.45) is 1.12. The van der Waals surface area contributed by atoms with Gasteiger partial charge in [-0.2, -0.15) is 5.10 Å². The standard InChI is InChI=1S/C11H21N3/c1-5-8(3)10-7-11(9(4)12)14(6-2)13-10/h7-9H,5-6,12H2,1-4H3/t8?,9-/m1/s1. The van der Waals surface area contributed by atoms with E-state index in [1.165, 1.54) is 5.69 Å². The van der Waals surface area contributed by atoms with Crippen molar-refractivity contribution in [2.45, 2.75) is 52.6 Å². The van der Waals surface area contributed by atoms with Gasteiger partial charge in [-0.05, 0) is 32.3 Å². The Hall–Kier alpha value is -0.830. The maximum atomic E-state index is 5.88. The number of nitrogens with two attached hydrogens (primary N) is 1. The summed E-state index contributed by atoms with van der Waals surface area (Å²) in [5.41, 5.74) is 8.19. The summed E-state index contributed by atoms with van der Waals surface area (Å²) in [5.74, 6) is 0.528. The average Bonchev–Trinajstić information content (AvgIpc) is 2.60. The van der Waals surface area contributed by atoms with Gasteiger partial charge in [0.2, 0.25) is 0 Å². The van der Waals surface area contributed by atoms with E-state index >= 15 is 0 Å². The predicted octanol–water partition coefficient (Wildman–Crippen LogP) is 2.44. The van der Waals surface area contributed by atoms with E-state index in [0.717, 1.165) is 18.7 Å². The van der Waals surface area contributed by atoms with Gasteiger partial charge in [0, 0.05) is 12.6 Å². The van der Waals surface area contributed by atoms with E-state index < -0.39 is 0 Å². The molecule has 1 aromatic rings. The second kappa shape index (κ2) is 4.60. The lowest BCUT2D eigenvalue weighted by Crippen LogP contribution is -2.12. The van der Waals surface area contributed by atoms with E-state index in [-0.39, 0.29) is 6.04 Å². The molecule has 2 atom stereocenters. The van der Waals surface area contributed by atoms with Crippen molar-refractivity contribution in [3.63, 3.8) is 0 Å². The second-order valence-electron chi connectivity index (χ2n) is 3.91. The summed E-state index contributed by atoms with van der Waals surface area (Å²) < 4.78 is 2.01. The molecule has 0 fully saturated rings. The number of rotatable bonds is 4. The Morgan fingerprint density at radius 1 is 1.43 bits per heavy atom. The first-order chi connectivity index (χ1) is 6.60. The van der Waals surface area contributed by atoms with Gasteiger partial charge in [-0.15, -0.1) is 0 Å². The minimum atomic E-state index is 0.0697. The van der Waals surface area contributed by atoms with E-state index in [2.05, 4.69) is 31.9 Å². The van der Waals surface area contributed by atoms with Crippen LogP contribution in [-0.2, 0) is 6.54 Å². The summed E-state index contributed by atoms with van der Waals surface area (Å²) in [4.78, 5) is 0. The lowest BCUT2D eigenvalue weighted by molar-refractivity contribution is 0.574. The number of aryl methyl sites for hydroxylation is 1. The molecule has 80 valence electrons. The fraction of sp³-hybridized carbons (Fsp3) is 0.727. The molecule has 1 aromatic heterocycles. The van der Waals surface area contributed by atoms with Crippen molar-refractivity contribution in [1.29, 1.82) is 0 Å². The molecule has 3 nitrogen and oxygen atoms in total. The van der Waals surface area contributed by atoms with Gasteiger partial charge in [0.15, 0.2) is 0 Å².